The van der Waals surface area contributed by atoms with Crippen molar-refractivity contribution in [3.8, 4) is 0 Å². The Labute approximate surface area is 180 Å². The van der Waals surface area contributed by atoms with Crippen molar-refractivity contribution in [3.63, 3.8) is 0 Å². The van der Waals surface area contributed by atoms with Crippen molar-refractivity contribution in [2.45, 2.75) is 45.2 Å². The number of benzene rings is 1. The molecule has 162 valence electrons. The number of halogens is 4. The first kappa shape index (κ1) is 22.5. The van der Waals surface area contributed by atoms with E-state index in [0.29, 0.717) is 26.8 Å². The molecule has 1 saturated heterocycles. The Kier molecular flexibility index (Phi) is 6.68. The third-order valence-electron chi connectivity index (χ3n) is 4.53. The first-order valence-corrected chi connectivity index (χ1v) is 10.4. The quantitative estimate of drug-likeness (QED) is 0.631. The van der Waals surface area contributed by atoms with Crippen LogP contribution in [-0.2, 0) is 22.3 Å². The van der Waals surface area contributed by atoms with Gasteiger partial charge in [-0.1, -0.05) is 31.5 Å². The van der Waals surface area contributed by atoms with Crippen LogP contribution in [0.25, 0.3) is 0 Å². The van der Waals surface area contributed by atoms with Gasteiger partial charge < -0.3 is 10.6 Å². The van der Waals surface area contributed by atoms with Crippen LogP contribution in [-0.4, -0.2) is 16.8 Å². The van der Waals surface area contributed by atoms with Gasteiger partial charge in [0.25, 0.3) is 0 Å². The maximum atomic E-state index is 12.9. The fraction of sp³-hybridized carbons (Fsp3) is 0.421. The average molecular weight is 461 g/mol. The predicted octanol–water partition coefficient (Wildman–Crippen LogP) is 3.94. The van der Waals surface area contributed by atoms with Crippen LogP contribution in [0.2, 0.25) is 5.02 Å². The maximum Gasteiger partial charge on any atom is 0.443 e. The van der Waals surface area contributed by atoms with E-state index in [-0.39, 0.29) is 30.7 Å². The molecule has 3 rings (SSSR count). The van der Waals surface area contributed by atoms with E-state index in [4.69, 9.17) is 11.6 Å². The number of carbonyl (C=O) groups excluding carboxylic acids is 2. The molecule has 1 aromatic heterocycles. The standard InChI is InChI=1S/C19H20ClF3N4O2S/c1-9(2)17(29)24-7-10-3-4-12(20)11(5-10)16-26-13(6-15(28)27-16)14-8-25-18(30-14)19(21,22)23/h3-5,8-9,13,16,26H,6-7H2,1-2H3,(H,24,29)(H,27,28). The summed E-state index contributed by atoms with van der Waals surface area (Å²) in [5.41, 5.74) is 1.34. The Morgan fingerprint density at radius 1 is 1.40 bits per heavy atom. The lowest BCUT2D eigenvalue weighted by atomic mass is 10.0. The van der Waals surface area contributed by atoms with E-state index in [2.05, 4.69) is 20.9 Å². The van der Waals surface area contributed by atoms with Crippen LogP contribution in [0.4, 0.5) is 13.2 Å². The number of alkyl halides is 3. The summed E-state index contributed by atoms with van der Waals surface area (Å²) >= 11 is 6.82. The first-order valence-electron chi connectivity index (χ1n) is 9.19. The highest BCUT2D eigenvalue weighted by Crippen LogP contribution is 2.37. The van der Waals surface area contributed by atoms with E-state index in [1.807, 2.05) is 0 Å². The fourth-order valence-corrected chi connectivity index (χ4v) is 4.02. The van der Waals surface area contributed by atoms with Gasteiger partial charge in [0, 0.05) is 40.5 Å². The van der Waals surface area contributed by atoms with E-state index < -0.39 is 23.4 Å². The van der Waals surface area contributed by atoms with Crippen LogP contribution in [0.1, 0.15) is 53.5 Å². The Morgan fingerprint density at radius 3 is 2.77 bits per heavy atom. The number of hydrogen-bond acceptors (Lipinski definition) is 5. The number of thiazole rings is 1. The summed E-state index contributed by atoms with van der Waals surface area (Å²) in [6.07, 6.45) is -4.10. The molecule has 3 N–H and O–H groups in total. The van der Waals surface area contributed by atoms with Crippen LogP contribution in [0, 0.1) is 5.92 Å². The van der Waals surface area contributed by atoms with Crippen LogP contribution in [0.5, 0.6) is 0 Å². The Balaban J connectivity index is 1.79. The summed E-state index contributed by atoms with van der Waals surface area (Å²) in [5, 5.41) is 8.12. The van der Waals surface area contributed by atoms with Gasteiger partial charge in [-0.25, -0.2) is 4.98 Å². The molecule has 2 atom stereocenters. The zero-order valence-corrected chi connectivity index (χ0v) is 17.7. The van der Waals surface area contributed by atoms with Crippen molar-refractivity contribution in [2.75, 3.05) is 0 Å². The molecule has 11 heteroatoms. The van der Waals surface area contributed by atoms with Crippen molar-refractivity contribution in [2.24, 2.45) is 5.92 Å². The minimum Gasteiger partial charge on any atom is -0.352 e. The number of nitrogens with zero attached hydrogens (tertiary/aromatic N) is 1. The van der Waals surface area contributed by atoms with E-state index >= 15 is 0 Å². The third-order valence-corrected chi connectivity index (χ3v) is 6.03. The number of amides is 2. The summed E-state index contributed by atoms with van der Waals surface area (Å²) in [6, 6.07) is 4.53. The van der Waals surface area contributed by atoms with Gasteiger partial charge in [0.05, 0.1) is 6.04 Å². The summed E-state index contributed by atoms with van der Waals surface area (Å²) in [4.78, 5) is 27.8. The van der Waals surface area contributed by atoms with Gasteiger partial charge in [-0.15, -0.1) is 11.3 Å². The lowest BCUT2D eigenvalue weighted by molar-refractivity contribution is -0.137. The van der Waals surface area contributed by atoms with Crippen molar-refractivity contribution in [3.05, 3.63) is 50.4 Å². The highest BCUT2D eigenvalue weighted by atomic mass is 35.5. The molecule has 2 unspecified atom stereocenters. The molecule has 2 aromatic rings. The van der Waals surface area contributed by atoms with E-state index in [9.17, 15) is 22.8 Å². The van der Waals surface area contributed by atoms with Crippen LogP contribution in [0.15, 0.2) is 24.4 Å². The molecular formula is C19H20ClF3N4O2S. The molecular weight excluding hydrogens is 441 g/mol. The topological polar surface area (TPSA) is 83.1 Å². The fourth-order valence-electron chi connectivity index (χ4n) is 2.95. The SMILES string of the molecule is CC(C)C(=O)NCc1ccc(Cl)c(C2NC(=O)CC(c3cnc(C(F)(F)F)s3)N2)c1. The first-order chi connectivity index (χ1) is 14.0. The Bertz CT molecular complexity index is 948. The van der Waals surface area contributed by atoms with Gasteiger partial charge in [-0.05, 0) is 17.7 Å². The lowest BCUT2D eigenvalue weighted by Crippen LogP contribution is -2.46. The molecule has 0 spiro atoms. The summed E-state index contributed by atoms with van der Waals surface area (Å²) < 4.78 is 38.6. The van der Waals surface area contributed by atoms with Gasteiger partial charge in [-0.3, -0.25) is 14.9 Å². The third kappa shape index (κ3) is 5.30. The second-order valence-corrected chi connectivity index (χ2v) is 8.69. The number of nitrogens with one attached hydrogen (secondary N) is 3. The minimum absolute atomic E-state index is 0.0161. The monoisotopic (exact) mass is 460 g/mol. The van der Waals surface area contributed by atoms with Gasteiger partial charge >= 0.3 is 6.18 Å². The largest absolute Gasteiger partial charge is 0.443 e. The van der Waals surface area contributed by atoms with Crippen LogP contribution in [0.3, 0.4) is 0 Å². The molecule has 1 aliphatic rings. The van der Waals surface area contributed by atoms with Crippen molar-refractivity contribution >= 4 is 34.8 Å². The maximum absolute atomic E-state index is 12.9. The van der Waals surface area contributed by atoms with Crippen molar-refractivity contribution < 1.29 is 22.8 Å². The summed E-state index contributed by atoms with van der Waals surface area (Å²) in [5.74, 6) is -0.570. The van der Waals surface area contributed by atoms with Crippen molar-refractivity contribution in [1.29, 1.82) is 0 Å². The Morgan fingerprint density at radius 2 is 2.13 bits per heavy atom. The zero-order chi connectivity index (χ0) is 22.1. The average Bonchev–Trinajstić information content (AvgIpc) is 3.17. The smallest absolute Gasteiger partial charge is 0.352 e. The molecule has 6 nitrogen and oxygen atoms in total. The molecule has 0 saturated carbocycles. The van der Waals surface area contributed by atoms with E-state index in [1.165, 1.54) is 0 Å². The lowest BCUT2D eigenvalue weighted by Gasteiger charge is -2.32. The minimum atomic E-state index is -4.53. The zero-order valence-electron chi connectivity index (χ0n) is 16.1. The second kappa shape index (κ2) is 8.91. The van der Waals surface area contributed by atoms with Gasteiger partial charge in [0.2, 0.25) is 11.8 Å². The Hall–Kier alpha value is -2.17. The molecule has 2 amide bonds. The number of rotatable bonds is 5. The second-order valence-electron chi connectivity index (χ2n) is 7.22. The molecule has 30 heavy (non-hydrogen) atoms. The highest BCUT2D eigenvalue weighted by molar-refractivity contribution is 7.11. The molecule has 0 aliphatic carbocycles. The molecule has 1 aliphatic heterocycles. The van der Waals surface area contributed by atoms with E-state index in [1.54, 1.807) is 32.0 Å². The number of aromatic nitrogens is 1. The molecule has 0 bridgehead atoms. The summed E-state index contributed by atoms with van der Waals surface area (Å²) in [7, 11) is 0. The van der Waals surface area contributed by atoms with Crippen LogP contribution >= 0.6 is 22.9 Å². The summed E-state index contributed by atoms with van der Waals surface area (Å²) in [6.45, 7) is 3.86. The number of hydrogen-bond donors (Lipinski definition) is 3. The van der Waals surface area contributed by atoms with Gasteiger partial charge in [0.1, 0.15) is 6.17 Å². The molecule has 2 heterocycles. The normalized spacial score (nSPS) is 19.6. The molecule has 1 fully saturated rings. The van der Waals surface area contributed by atoms with Crippen LogP contribution < -0.4 is 16.0 Å². The van der Waals surface area contributed by atoms with E-state index in [0.717, 1.165) is 11.8 Å². The predicted molar refractivity (Wildman–Crippen MR) is 107 cm³/mol. The van der Waals surface area contributed by atoms with Gasteiger partial charge in [0.15, 0.2) is 5.01 Å². The molecule has 1 aromatic carbocycles. The number of carbonyl (C=O) groups is 2. The van der Waals surface area contributed by atoms with Crippen molar-refractivity contribution in [1.82, 2.24) is 20.9 Å². The molecule has 0 radical (unpaired) electrons. The van der Waals surface area contributed by atoms with Gasteiger partial charge in [-0.2, -0.15) is 13.2 Å². The highest BCUT2D eigenvalue weighted by Gasteiger charge is 2.37.